The zero-order valence-corrected chi connectivity index (χ0v) is 35.0. The minimum Gasteiger partial charge on any atom is -0.495 e. The molecule has 18 heteroatoms. The molecule has 0 spiro atoms. The molecule has 0 aliphatic carbocycles. The Labute approximate surface area is 339 Å². The van der Waals surface area contributed by atoms with Crippen LogP contribution in [-0.2, 0) is 35.5 Å². The van der Waals surface area contributed by atoms with Crippen LogP contribution in [0, 0.1) is 11.8 Å². The Kier molecular flexibility index (Phi) is 17.3. The van der Waals surface area contributed by atoms with Gasteiger partial charge in [0.05, 0.1) is 75.1 Å². The molecule has 2 heterocycles. The zero-order chi connectivity index (χ0) is 42.3. The van der Waals surface area contributed by atoms with Gasteiger partial charge in [-0.3, -0.25) is 0 Å². The molecule has 3 N–H and O–H groups in total. The molecule has 322 valence electrons. The Morgan fingerprint density at radius 3 is 2.28 bits per heavy atom. The Morgan fingerprint density at radius 1 is 0.948 bits per heavy atom. The smallest absolute Gasteiger partial charge is 0.407 e. The van der Waals surface area contributed by atoms with Crippen LogP contribution in [0.4, 0.5) is 29.3 Å². The summed E-state index contributed by atoms with van der Waals surface area (Å²) in [6.45, 7) is 8.17. The van der Waals surface area contributed by atoms with E-state index in [0.717, 1.165) is 31.6 Å². The first-order valence-electron chi connectivity index (χ1n) is 19.2. The van der Waals surface area contributed by atoms with E-state index >= 15 is 0 Å². The molecule has 1 aromatic heterocycles. The number of alkyl carbamates (subject to hydrolysis) is 1. The van der Waals surface area contributed by atoms with Gasteiger partial charge in [0.2, 0.25) is 10.0 Å². The number of anilines is 2. The van der Waals surface area contributed by atoms with Crippen LogP contribution >= 0.6 is 0 Å². The molecule has 1 aliphatic heterocycles. The highest BCUT2D eigenvalue weighted by molar-refractivity contribution is 7.89. The van der Waals surface area contributed by atoms with Crippen molar-refractivity contribution in [1.82, 2.24) is 19.1 Å². The summed E-state index contributed by atoms with van der Waals surface area (Å²) >= 11 is 0. The number of benzene rings is 2. The summed E-state index contributed by atoms with van der Waals surface area (Å²) in [7, 11) is 1.04. The summed E-state index contributed by atoms with van der Waals surface area (Å²) < 4.78 is 97.2. The van der Waals surface area contributed by atoms with Gasteiger partial charge in [-0.25, -0.2) is 13.2 Å². The number of amides is 1. The molecule has 0 saturated carbocycles. The minimum absolute atomic E-state index is 0.00874. The maximum Gasteiger partial charge on any atom is 0.407 e. The SMILES string of the molecule is COc1cc(S(=O)(=O)N(C)CCOCCOCCOCCNC(=O)OC(C)(C)C)ccc1NCC#Cc1cc2c(NC3CCN(C)CC3)cccc2n1CC(F)(F)F. The molecule has 1 fully saturated rings. The first-order chi connectivity index (χ1) is 27.5. The number of rotatable bonds is 20. The van der Waals surface area contributed by atoms with E-state index in [1.165, 1.54) is 35.2 Å². The van der Waals surface area contributed by atoms with Gasteiger partial charge in [-0.2, -0.15) is 17.5 Å². The topological polar surface area (TPSA) is 145 Å². The fraction of sp³-hybridized carbons (Fsp3) is 0.575. The lowest BCUT2D eigenvalue weighted by Gasteiger charge is -2.30. The van der Waals surface area contributed by atoms with E-state index in [9.17, 15) is 26.4 Å². The second-order valence-electron chi connectivity index (χ2n) is 14.8. The molecule has 4 rings (SSSR count). The van der Waals surface area contributed by atoms with Crippen molar-refractivity contribution < 1.29 is 50.1 Å². The number of likely N-dealkylation sites (N-methyl/N-ethyl adjacent to an activating group) is 1. The third kappa shape index (κ3) is 14.8. The average molecular weight is 839 g/mol. The van der Waals surface area contributed by atoms with E-state index in [0.29, 0.717) is 49.6 Å². The number of aromatic nitrogens is 1. The van der Waals surface area contributed by atoms with Crippen LogP contribution in [0.3, 0.4) is 0 Å². The van der Waals surface area contributed by atoms with E-state index < -0.39 is 34.4 Å². The second-order valence-corrected chi connectivity index (χ2v) is 16.8. The number of carbonyl (C=O) groups is 1. The second kappa shape index (κ2) is 21.7. The molecule has 14 nitrogen and oxygen atoms in total. The van der Waals surface area contributed by atoms with E-state index in [1.807, 2.05) is 6.07 Å². The van der Waals surface area contributed by atoms with E-state index in [2.05, 4.69) is 39.7 Å². The Balaban J connectivity index is 1.25. The molecule has 0 unspecified atom stereocenters. The molecule has 0 radical (unpaired) electrons. The fourth-order valence-corrected chi connectivity index (χ4v) is 7.23. The average Bonchev–Trinajstić information content (AvgIpc) is 3.50. The normalized spacial score (nSPS) is 14.3. The lowest BCUT2D eigenvalue weighted by atomic mass is 10.0. The third-order valence-corrected chi connectivity index (χ3v) is 10.9. The highest BCUT2D eigenvalue weighted by atomic mass is 32.2. The molecule has 1 aliphatic rings. The summed E-state index contributed by atoms with van der Waals surface area (Å²) in [6.07, 6.45) is -3.08. The zero-order valence-electron chi connectivity index (χ0n) is 34.2. The van der Waals surface area contributed by atoms with Crippen molar-refractivity contribution in [2.75, 3.05) is 104 Å². The van der Waals surface area contributed by atoms with Gasteiger partial charge in [0.25, 0.3) is 0 Å². The van der Waals surface area contributed by atoms with Crippen molar-refractivity contribution in [2.45, 2.75) is 62.9 Å². The Hall–Kier alpha value is -4.25. The van der Waals surface area contributed by atoms with Gasteiger partial charge in [0.1, 0.15) is 17.9 Å². The van der Waals surface area contributed by atoms with Crippen LogP contribution in [0.5, 0.6) is 5.75 Å². The highest BCUT2D eigenvalue weighted by Crippen LogP contribution is 2.32. The van der Waals surface area contributed by atoms with Crippen molar-refractivity contribution in [3.63, 3.8) is 0 Å². The number of likely N-dealkylation sites (tertiary alicyclic amines) is 1. The summed E-state index contributed by atoms with van der Waals surface area (Å²) in [4.78, 5) is 13.9. The number of halogens is 3. The number of piperidine rings is 1. The first kappa shape index (κ1) is 46.4. The van der Waals surface area contributed by atoms with Crippen molar-refractivity contribution in [1.29, 1.82) is 0 Å². The summed E-state index contributed by atoms with van der Waals surface area (Å²) in [5.41, 5.74) is 1.35. The van der Waals surface area contributed by atoms with Gasteiger partial charge in [0.15, 0.2) is 0 Å². The molecule has 3 aromatic rings. The van der Waals surface area contributed by atoms with E-state index in [1.54, 1.807) is 45.0 Å². The number of methoxy groups -OCH3 is 1. The largest absolute Gasteiger partial charge is 0.495 e. The molecule has 58 heavy (non-hydrogen) atoms. The molecule has 0 bridgehead atoms. The molecule has 2 aromatic carbocycles. The number of hydrogen-bond acceptors (Lipinski definition) is 11. The number of alkyl halides is 3. The lowest BCUT2D eigenvalue weighted by molar-refractivity contribution is -0.140. The van der Waals surface area contributed by atoms with Crippen molar-refractivity contribution in [3.8, 4) is 17.6 Å². The summed E-state index contributed by atoms with van der Waals surface area (Å²) in [6, 6.07) is 11.6. The van der Waals surface area contributed by atoms with Gasteiger partial charge in [-0.15, -0.1) is 0 Å². The fourth-order valence-electron chi connectivity index (χ4n) is 6.06. The van der Waals surface area contributed by atoms with Gasteiger partial charge in [0, 0.05) is 43.3 Å². The van der Waals surface area contributed by atoms with Crippen LogP contribution in [0.25, 0.3) is 10.9 Å². The van der Waals surface area contributed by atoms with Crippen LogP contribution in [0.2, 0.25) is 0 Å². The number of hydrogen-bond donors (Lipinski definition) is 3. The summed E-state index contributed by atoms with van der Waals surface area (Å²) in [5.74, 6) is 6.08. The predicted octanol–water partition coefficient (Wildman–Crippen LogP) is 5.38. The Morgan fingerprint density at radius 2 is 1.62 bits per heavy atom. The van der Waals surface area contributed by atoms with Gasteiger partial charge >= 0.3 is 12.3 Å². The maximum absolute atomic E-state index is 13.7. The minimum atomic E-state index is -4.45. The number of nitrogens with one attached hydrogen (secondary N) is 3. The number of ether oxygens (including phenoxy) is 5. The van der Waals surface area contributed by atoms with Crippen LogP contribution in [0.15, 0.2) is 47.4 Å². The standard InChI is InChI=1S/C40H57F3N6O8S/c1-39(2,3)57-38(50)45-17-21-54-23-25-56-26-24-55-22-20-48(5)58(51,52)32-12-13-35(37(28-32)53-6)44-16-8-9-31-27-33-34(46-30-14-18-47(4)19-15-30)10-7-11-36(33)49(31)29-40(41,42)43/h7,10-13,27-28,30,44,46H,14-26,29H2,1-6H3,(H,45,50). The van der Waals surface area contributed by atoms with Crippen molar-refractivity contribution in [3.05, 3.63) is 48.2 Å². The molecular weight excluding hydrogens is 782 g/mol. The Bertz CT molecular complexity index is 1950. The summed E-state index contributed by atoms with van der Waals surface area (Å²) in [5, 5.41) is 9.90. The number of sulfonamides is 1. The van der Waals surface area contributed by atoms with Gasteiger partial charge in [-0.1, -0.05) is 12.0 Å². The van der Waals surface area contributed by atoms with Crippen LogP contribution in [-0.4, -0.2) is 140 Å². The van der Waals surface area contributed by atoms with Crippen molar-refractivity contribution >= 4 is 38.4 Å². The third-order valence-electron chi connectivity index (χ3n) is 9.04. The molecule has 1 amide bonds. The van der Waals surface area contributed by atoms with Gasteiger partial charge in [-0.05, 0) is 90.0 Å². The van der Waals surface area contributed by atoms with Gasteiger partial charge < -0.3 is 49.1 Å². The number of nitrogens with zero attached hydrogens (tertiary/aromatic N) is 3. The monoisotopic (exact) mass is 838 g/mol. The number of fused-ring (bicyclic) bond motifs is 1. The van der Waals surface area contributed by atoms with E-state index in [-0.39, 0.29) is 48.7 Å². The van der Waals surface area contributed by atoms with E-state index in [4.69, 9.17) is 23.7 Å². The van der Waals surface area contributed by atoms with Crippen molar-refractivity contribution in [2.24, 2.45) is 0 Å². The van der Waals surface area contributed by atoms with Crippen LogP contribution in [0.1, 0.15) is 39.3 Å². The highest BCUT2D eigenvalue weighted by Gasteiger charge is 2.30. The quantitative estimate of drug-likeness (QED) is 0.0998. The maximum atomic E-state index is 13.7. The molecule has 1 saturated heterocycles. The first-order valence-corrected chi connectivity index (χ1v) is 20.6. The number of carbonyl (C=O) groups excluding carboxylic acids is 1. The predicted molar refractivity (Wildman–Crippen MR) is 217 cm³/mol. The molecular formula is C40H57F3N6O8S. The lowest BCUT2D eigenvalue weighted by Crippen LogP contribution is -2.36. The molecule has 0 atom stereocenters. The van der Waals surface area contributed by atoms with Crippen LogP contribution < -0.4 is 20.7 Å².